The normalized spacial score (nSPS) is 14.7. The van der Waals surface area contributed by atoms with Crippen LogP contribution in [0.1, 0.15) is 87.0 Å². The van der Waals surface area contributed by atoms with Gasteiger partial charge < -0.3 is 9.47 Å². The van der Waals surface area contributed by atoms with E-state index in [2.05, 4.69) is 55.4 Å². The molecule has 0 bridgehead atoms. The van der Waals surface area contributed by atoms with Gasteiger partial charge in [-0.25, -0.2) is 0 Å². The van der Waals surface area contributed by atoms with Crippen LogP contribution in [0.4, 0.5) is 0 Å². The van der Waals surface area contributed by atoms with Crippen molar-refractivity contribution < 1.29 is 9.47 Å². The van der Waals surface area contributed by atoms with Gasteiger partial charge in [0.25, 0.3) is 0 Å². The zero-order valence-corrected chi connectivity index (χ0v) is 15.6. The second-order valence-corrected chi connectivity index (χ2v) is 8.26. The number of unbranched alkanes of at least 4 members (excludes halogenated alkanes) is 4. The van der Waals surface area contributed by atoms with E-state index in [1.165, 1.54) is 32.1 Å². The van der Waals surface area contributed by atoms with Crippen molar-refractivity contribution in [2.75, 3.05) is 6.61 Å². The largest absolute Gasteiger partial charge is 0.376 e. The Kier molecular flexibility index (Phi) is 9.80. The maximum atomic E-state index is 6.10. The van der Waals surface area contributed by atoms with Gasteiger partial charge in [0.1, 0.15) is 0 Å². The van der Waals surface area contributed by atoms with Crippen molar-refractivity contribution in [3.05, 3.63) is 6.92 Å². The van der Waals surface area contributed by atoms with E-state index in [4.69, 9.17) is 9.47 Å². The summed E-state index contributed by atoms with van der Waals surface area (Å²) >= 11 is 0. The summed E-state index contributed by atoms with van der Waals surface area (Å²) < 4.78 is 11.8. The molecule has 2 unspecified atom stereocenters. The van der Waals surface area contributed by atoms with E-state index in [-0.39, 0.29) is 17.3 Å². The quantitative estimate of drug-likeness (QED) is 0.475. The molecular weight excluding hydrogens is 260 g/mol. The van der Waals surface area contributed by atoms with Crippen LogP contribution in [0.2, 0.25) is 0 Å². The SMILES string of the molecule is [CH2]C(C)C(CCCCCCCOC(C)(C)C)OC(C)(C)C. The number of rotatable bonds is 10. The van der Waals surface area contributed by atoms with Crippen LogP contribution in [-0.4, -0.2) is 23.9 Å². The molecule has 1 radical (unpaired) electrons. The molecule has 0 aliphatic rings. The van der Waals surface area contributed by atoms with Crippen LogP contribution in [0.3, 0.4) is 0 Å². The maximum Gasteiger partial charge on any atom is 0.0607 e. The van der Waals surface area contributed by atoms with E-state index in [1.807, 2.05) is 0 Å². The van der Waals surface area contributed by atoms with Crippen LogP contribution in [0.25, 0.3) is 0 Å². The molecule has 0 heterocycles. The molecule has 2 atom stereocenters. The van der Waals surface area contributed by atoms with Crippen molar-refractivity contribution in [2.45, 2.75) is 104 Å². The Morgan fingerprint density at radius 2 is 1.33 bits per heavy atom. The molecule has 0 spiro atoms. The summed E-state index contributed by atoms with van der Waals surface area (Å²) in [5.74, 6) is 0.351. The third kappa shape index (κ3) is 14.6. The average Bonchev–Trinajstić information content (AvgIpc) is 2.27. The Morgan fingerprint density at radius 3 is 1.81 bits per heavy atom. The molecule has 0 fully saturated rings. The Balaban J connectivity index is 3.64. The second kappa shape index (κ2) is 9.84. The summed E-state index contributed by atoms with van der Waals surface area (Å²) in [6.45, 7) is 19.9. The first kappa shape index (κ1) is 20.9. The Morgan fingerprint density at radius 1 is 0.810 bits per heavy atom. The van der Waals surface area contributed by atoms with Gasteiger partial charge in [0.05, 0.1) is 17.3 Å². The van der Waals surface area contributed by atoms with Gasteiger partial charge in [-0.15, -0.1) is 0 Å². The van der Waals surface area contributed by atoms with Gasteiger partial charge in [-0.1, -0.05) is 32.6 Å². The predicted octanol–water partition coefficient (Wildman–Crippen LogP) is 5.80. The number of hydrogen-bond donors (Lipinski definition) is 0. The van der Waals surface area contributed by atoms with Crippen molar-refractivity contribution in [1.82, 2.24) is 0 Å². The molecular formula is C19H39O2. The molecule has 0 rings (SSSR count). The van der Waals surface area contributed by atoms with E-state index in [0.717, 1.165) is 13.0 Å². The van der Waals surface area contributed by atoms with Crippen molar-refractivity contribution >= 4 is 0 Å². The summed E-state index contributed by atoms with van der Waals surface area (Å²) in [6, 6.07) is 0. The summed E-state index contributed by atoms with van der Waals surface area (Å²) in [6.07, 6.45) is 7.66. The lowest BCUT2D eigenvalue weighted by molar-refractivity contribution is -0.0789. The van der Waals surface area contributed by atoms with Gasteiger partial charge in [0.15, 0.2) is 0 Å². The average molecular weight is 300 g/mol. The number of hydrogen-bond acceptors (Lipinski definition) is 2. The van der Waals surface area contributed by atoms with Crippen LogP contribution < -0.4 is 0 Å². The van der Waals surface area contributed by atoms with Gasteiger partial charge in [-0.2, -0.15) is 0 Å². The third-order valence-electron chi connectivity index (χ3n) is 3.31. The van der Waals surface area contributed by atoms with Gasteiger partial charge in [0, 0.05) is 6.61 Å². The second-order valence-electron chi connectivity index (χ2n) is 8.26. The molecule has 0 amide bonds. The van der Waals surface area contributed by atoms with E-state index in [9.17, 15) is 0 Å². The molecule has 127 valence electrons. The highest BCUT2D eigenvalue weighted by Gasteiger charge is 2.21. The maximum absolute atomic E-state index is 6.10. The summed E-state index contributed by atoms with van der Waals surface area (Å²) in [7, 11) is 0. The van der Waals surface area contributed by atoms with Crippen molar-refractivity contribution in [2.24, 2.45) is 5.92 Å². The van der Waals surface area contributed by atoms with Gasteiger partial charge in [0.2, 0.25) is 0 Å². The summed E-state index contributed by atoms with van der Waals surface area (Å²) in [4.78, 5) is 0. The van der Waals surface area contributed by atoms with Gasteiger partial charge in [-0.3, -0.25) is 0 Å². The fourth-order valence-corrected chi connectivity index (χ4v) is 2.27. The monoisotopic (exact) mass is 299 g/mol. The lowest BCUT2D eigenvalue weighted by Crippen LogP contribution is -2.31. The van der Waals surface area contributed by atoms with Crippen LogP contribution in [-0.2, 0) is 9.47 Å². The molecule has 0 aliphatic heterocycles. The van der Waals surface area contributed by atoms with Crippen molar-refractivity contribution in [3.63, 3.8) is 0 Å². The molecule has 0 aromatic rings. The fraction of sp³-hybridized carbons (Fsp3) is 0.947. The summed E-state index contributed by atoms with van der Waals surface area (Å²) in [5, 5.41) is 0. The highest BCUT2D eigenvalue weighted by Crippen LogP contribution is 2.21. The smallest absolute Gasteiger partial charge is 0.0607 e. The molecule has 0 aromatic heterocycles. The molecule has 21 heavy (non-hydrogen) atoms. The first-order chi connectivity index (χ1) is 9.51. The van der Waals surface area contributed by atoms with Crippen LogP contribution in [0.5, 0.6) is 0 Å². The summed E-state index contributed by atoms with van der Waals surface area (Å²) in [5.41, 5.74) is -0.0668. The Labute approximate surface area is 134 Å². The Hall–Kier alpha value is -0.0800. The van der Waals surface area contributed by atoms with Gasteiger partial charge in [-0.05, 0) is 67.2 Å². The minimum Gasteiger partial charge on any atom is -0.376 e. The zero-order chi connectivity index (χ0) is 16.5. The molecule has 2 heteroatoms. The first-order valence-electron chi connectivity index (χ1n) is 8.66. The lowest BCUT2D eigenvalue weighted by Gasteiger charge is -2.30. The highest BCUT2D eigenvalue weighted by atomic mass is 16.5. The van der Waals surface area contributed by atoms with Crippen LogP contribution in [0, 0.1) is 12.8 Å². The van der Waals surface area contributed by atoms with Crippen LogP contribution >= 0.6 is 0 Å². The standard InChI is InChI=1S/C19H39O2/c1-16(2)17(21-19(6,7)8)14-12-10-9-11-13-15-20-18(3,4)5/h16-17H,1,9-15H2,2-8H3. The van der Waals surface area contributed by atoms with E-state index < -0.39 is 0 Å². The molecule has 0 saturated heterocycles. The third-order valence-corrected chi connectivity index (χ3v) is 3.31. The van der Waals surface area contributed by atoms with E-state index in [0.29, 0.717) is 5.92 Å². The highest BCUT2D eigenvalue weighted by molar-refractivity contribution is 4.73. The minimum atomic E-state index is -0.0685. The first-order valence-corrected chi connectivity index (χ1v) is 8.66. The zero-order valence-electron chi connectivity index (χ0n) is 15.6. The molecule has 0 N–H and O–H groups in total. The van der Waals surface area contributed by atoms with Gasteiger partial charge >= 0.3 is 0 Å². The minimum absolute atomic E-state index is 0.00177. The fourth-order valence-electron chi connectivity index (χ4n) is 2.27. The van der Waals surface area contributed by atoms with E-state index >= 15 is 0 Å². The molecule has 0 saturated carbocycles. The topological polar surface area (TPSA) is 18.5 Å². The van der Waals surface area contributed by atoms with Crippen molar-refractivity contribution in [1.29, 1.82) is 0 Å². The Bertz CT molecular complexity index is 245. The van der Waals surface area contributed by atoms with E-state index in [1.54, 1.807) is 0 Å². The van der Waals surface area contributed by atoms with Crippen molar-refractivity contribution in [3.8, 4) is 0 Å². The van der Waals surface area contributed by atoms with Crippen LogP contribution in [0.15, 0.2) is 0 Å². The molecule has 0 aliphatic carbocycles. The number of ether oxygens (including phenoxy) is 2. The lowest BCUT2D eigenvalue weighted by atomic mass is 9.99. The molecule has 0 aromatic carbocycles. The molecule has 2 nitrogen and oxygen atoms in total. The predicted molar refractivity (Wildman–Crippen MR) is 92.6 cm³/mol.